The molecule has 0 bridgehead atoms. The maximum Gasteiger partial charge on any atom is 0.121 e. The van der Waals surface area contributed by atoms with E-state index >= 15 is 0 Å². The van der Waals surface area contributed by atoms with E-state index in [1.165, 1.54) is 16.0 Å². The SMILES string of the molecule is CSCC1=C(c2cccs2)N=NC1c1ccccc1. The van der Waals surface area contributed by atoms with E-state index in [1.54, 1.807) is 11.3 Å². The third-order valence-corrected chi connectivity index (χ3v) is 4.55. The lowest BCUT2D eigenvalue weighted by Crippen LogP contribution is -2.00. The molecule has 96 valence electrons. The van der Waals surface area contributed by atoms with E-state index in [-0.39, 0.29) is 6.04 Å². The Balaban J connectivity index is 2.02. The van der Waals surface area contributed by atoms with Gasteiger partial charge in [-0.15, -0.1) is 11.3 Å². The van der Waals surface area contributed by atoms with Gasteiger partial charge in [-0.2, -0.15) is 22.0 Å². The van der Waals surface area contributed by atoms with Crippen molar-refractivity contribution in [1.29, 1.82) is 0 Å². The number of hydrogen-bond donors (Lipinski definition) is 0. The molecule has 0 aliphatic carbocycles. The van der Waals surface area contributed by atoms with Gasteiger partial charge < -0.3 is 0 Å². The second-order valence-corrected chi connectivity index (χ2v) is 6.13. The fourth-order valence-electron chi connectivity index (χ4n) is 2.21. The average molecular weight is 286 g/mol. The maximum atomic E-state index is 4.49. The van der Waals surface area contributed by atoms with Gasteiger partial charge in [-0.3, -0.25) is 0 Å². The molecule has 4 heteroatoms. The van der Waals surface area contributed by atoms with Gasteiger partial charge in [0.15, 0.2) is 0 Å². The summed E-state index contributed by atoms with van der Waals surface area (Å²) in [5, 5.41) is 11.0. The molecular formula is C15H14N2S2. The standard InChI is InChI=1S/C15H14N2S2/c1-18-10-12-14(11-6-3-2-4-7-11)16-17-15(12)13-8-5-9-19-13/h2-9,14H,10H2,1H3. The molecule has 2 nitrogen and oxygen atoms in total. The zero-order valence-electron chi connectivity index (χ0n) is 10.6. The first-order valence-electron chi connectivity index (χ1n) is 6.12. The van der Waals surface area contributed by atoms with Gasteiger partial charge in [0.2, 0.25) is 0 Å². The van der Waals surface area contributed by atoms with Gasteiger partial charge in [0, 0.05) is 5.75 Å². The Hall–Kier alpha value is -1.39. The summed E-state index contributed by atoms with van der Waals surface area (Å²) in [5.74, 6) is 0.972. The van der Waals surface area contributed by atoms with Crippen LogP contribution < -0.4 is 0 Å². The molecule has 2 heterocycles. The van der Waals surface area contributed by atoms with Crippen LogP contribution in [0, 0.1) is 0 Å². The number of rotatable bonds is 4. The molecule has 0 radical (unpaired) electrons. The summed E-state index contributed by atoms with van der Waals surface area (Å²) in [4.78, 5) is 1.21. The predicted molar refractivity (Wildman–Crippen MR) is 83.7 cm³/mol. The van der Waals surface area contributed by atoms with Gasteiger partial charge in [0.05, 0.1) is 4.88 Å². The van der Waals surface area contributed by atoms with Crippen LogP contribution in [0.5, 0.6) is 0 Å². The normalized spacial score (nSPS) is 18.3. The number of azo groups is 1. The second-order valence-electron chi connectivity index (χ2n) is 4.31. The molecule has 0 saturated carbocycles. The molecule has 1 aliphatic heterocycles. The quantitative estimate of drug-likeness (QED) is 0.773. The highest BCUT2D eigenvalue weighted by molar-refractivity contribution is 7.98. The Bertz CT molecular complexity index is 600. The number of hydrogen-bond acceptors (Lipinski definition) is 4. The molecular weight excluding hydrogens is 272 g/mol. The molecule has 0 fully saturated rings. The summed E-state index contributed by atoms with van der Waals surface area (Å²) < 4.78 is 0. The lowest BCUT2D eigenvalue weighted by atomic mass is 9.99. The third kappa shape index (κ3) is 2.51. The van der Waals surface area contributed by atoms with Crippen LogP contribution in [-0.4, -0.2) is 12.0 Å². The Morgan fingerprint density at radius 1 is 1.16 bits per heavy atom. The molecule has 0 saturated heterocycles. The van der Waals surface area contributed by atoms with Crippen molar-refractivity contribution in [2.24, 2.45) is 10.2 Å². The number of nitrogens with zero attached hydrogens (tertiary/aromatic N) is 2. The van der Waals surface area contributed by atoms with E-state index in [1.807, 2.05) is 17.8 Å². The minimum atomic E-state index is 0.0887. The minimum absolute atomic E-state index is 0.0887. The molecule has 0 N–H and O–H groups in total. The number of benzene rings is 1. The molecule has 3 rings (SSSR count). The van der Waals surface area contributed by atoms with Crippen molar-refractivity contribution in [3.63, 3.8) is 0 Å². The summed E-state index contributed by atoms with van der Waals surface area (Å²) in [5.41, 5.74) is 3.61. The van der Waals surface area contributed by atoms with Gasteiger partial charge in [-0.1, -0.05) is 36.4 Å². The van der Waals surface area contributed by atoms with Crippen LogP contribution in [0.4, 0.5) is 0 Å². The van der Waals surface area contributed by atoms with Crippen molar-refractivity contribution in [3.05, 3.63) is 63.9 Å². The summed E-state index contributed by atoms with van der Waals surface area (Å²) in [7, 11) is 0. The van der Waals surface area contributed by atoms with Crippen LogP contribution in [0.2, 0.25) is 0 Å². The Kier molecular flexibility index (Phi) is 3.80. The van der Waals surface area contributed by atoms with Crippen molar-refractivity contribution < 1.29 is 0 Å². The van der Waals surface area contributed by atoms with E-state index in [4.69, 9.17) is 0 Å². The van der Waals surface area contributed by atoms with E-state index in [0.29, 0.717) is 0 Å². The molecule has 1 atom stereocenters. The first-order chi connectivity index (χ1) is 9.40. The fourth-order valence-corrected chi connectivity index (χ4v) is 3.56. The minimum Gasteiger partial charge on any atom is -0.176 e. The van der Waals surface area contributed by atoms with E-state index in [9.17, 15) is 0 Å². The molecule has 0 spiro atoms. The van der Waals surface area contributed by atoms with Gasteiger partial charge in [-0.25, -0.2) is 0 Å². The highest BCUT2D eigenvalue weighted by Crippen LogP contribution is 2.41. The summed E-state index contributed by atoms with van der Waals surface area (Å²) in [6.45, 7) is 0. The molecule has 2 aromatic rings. The highest BCUT2D eigenvalue weighted by Gasteiger charge is 2.26. The van der Waals surface area contributed by atoms with E-state index in [0.717, 1.165) is 11.4 Å². The first kappa shape index (κ1) is 12.6. The van der Waals surface area contributed by atoms with Crippen molar-refractivity contribution in [2.75, 3.05) is 12.0 Å². The van der Waals surface area contributed by atoms with Crippen LogP contribution in [-0.2, 0) is 0 Å². The van der Waals surface area contributed by atoms with E-state index < -0.39 is 0 Å². The van der Waals surface area contributed by atoms with Gasteiger partial charge in [0.1, 0.15) is 11.7 Å². The monoisotopic (exact) mass is 286 g/mol. The third-order valence-electron chi connectivity index (χ3n) is 3.08. The topological polar surface area (TPSA) is 24.7 Å². The van der Waals surface area contributed by atoms with Crippen LogP contribution in [0.15, 0.2) is 63.6 Å². The van der Waals surface area contributed by atoms with E-state index in [2.05, 4.69) is 58.3 Å². The Morgan fingerprint density at radius 3 is 2.68 bits per heavy atom. The molecule has 1 aromatic carbocycles. The molecule has 0 amide bonds. The van der Waals surface area contributed by atoms with Crippen molar-refractivity contribution in [1.82, 2.24) is 0 Å². The average Bonchev–Trinajstić information content (AvgIpc) is 3.09. The van der Waals surface area contributed by atoms with Crippen LogP contribution in [0.25, 0.3) is 5.70 Å². The Morgan fingerprint density at radius 2 is 2.00 bits per heavy atom. The lowest BCUT2D eigenvalue weighted by Gasteiger charge is -2.11. The number of thioether (sulfide) groups is 1. The number of thiophene rings is 1. The predicted octanol–water partition coefficient (Wildman–Crippen LogP) is 5.03. The summed E-state index contributed by atoms with van der Waals surface area (Å²) in [6, 6.07) is 14.7. The lowest BCUT2D eigenvalue weighted by molar-refractivity contribution is 0.839. The largest absolute Gasteiger partial charge is 0.176 e. The van der Waals surface area contributed by atoms with Gasteiger partial charge in [-0.05, 0) is 28.8 Å². The van der Waals surface area contributed by atoms with Crippen molar-refractivity contribution >= 4 is 28.8 Å². The summed E-state index contributed by atoms with van der Waals surface area (Å²) in [6.07, 6.45) is 2.12. The Labute approximate surface area is 121 Å². The zero-order chi connectivity index (χ0) is 13.1. The van der Waals surface area contributed by atoms with Crippen molar-refractivity contribution in [3.8, 4) is 0 Å². The second kappa shape index (κ2) is 5.72. The molecule has 1 aliphatic rings. The molecule has 1 aromatic heterocycles. The fraction of sp³-hybridized carbons (Fsp3) is 0.200. The smallest absolute Gasteiger partial charge is 0.121 e. The molecule has 19 heavy (non-hydrogen) atoms. The maximum absolute atomic E-state index is 4.49. The van der Waals surface area contributed by atoms with Gasteiger partial charge in [0.25, 0.3) is 0 Å². The van der Waals surface area contributed by atoms with Crippen LogP contribution in [0.3, 0.4) is 0 Å². The highest BCUT2D eigenvalue weighted by atomic mass is 32.2. The van der Waals surface area contributed by atoms with Crippen molar-refractivity contribution in [2.45, 2.75) is 6.04 Å². The van der Waals surface area contributed by atoms with Gasteiger partial charge >= 0.3 is 0 Å². The zero-order valence-corrected chi connectivity index (χ0v) is 12.2. The molecule has 1 unspecified atom stereocenters. The van der Waals surface area contributed by atoms with Crippen LogP contribution >= 0.6 is 23.1 Å². The summed E-state index contributed by atoms with van der Waals surface area (Å²) >= 11 is 3.55. The van der Waals surface area contributed by atoms with Crippen LogP contribution in [0.1, 0.15) is 16.5 Å². The first-order valence-corrected chi connectivity index (χ1v) is 8.39.